The summed E-state index contributed by atoms with van der Waals surface area (Å²) in [6.07, 6.45) is 5.91. The first-order valence-electron chi connectivity index (χ1n) is 7.84. The summed E-state index contributed by atoms with van der Waals surface area (Å²) in [7, 11) is 0. The van der Waals surface area contributed by atoms with Crippen LogP contribution in [-0.2, 0) is 19.4 Å². The van der Waals surface area contributed by atoms with Crippen LogP contribution in [0.3, 0.4) is 0 Å². The second-order valence-electron chi connectivity index (χ2n) is 5.95. The molecule has 1 aliphatic rings. The summed E-state index contributed by atoms with van der Waals surface area (Å²) in [5, 5.41) is 13.8. The molecule has 0 fully saturated rings. The van der Waals surface area contributed by atoms with E-state index in [1.807, 2.05) is 18.2 Å². The molecule has 1 atom stereocenters. The molecule has 0 bridgehead atoms. The molecule has 1 aromatic carbocycles. The Morgan fingerprint density at radius 1 is 1.29 bits per heavy atom. The van der Waals surface area contributed by atoms with Gasteiger partial charge in [-0.1, -0.05) is 50.1 Å². The number of nitrogens with zero attached hydrogens (tertiary/aromatic N) is 3. The molecular weight excluding hydrogens is 258 g/mol. The van der Waals surface area contributed by atoms with E-state index in [4.69, 9.17) is 0 Å². The minimum absolute atomic E-state index is 0.639. The predicted molar refractivity (Wildman–Crippen MR) is 82.9 cm³/mol. The monoisotopic (exact) mass is 279 g/mol. The zero-order valence-electron chi connectivity index (χ0n) is 12.5. The van der Waals surface area contributed by atoms with Crippen LogP contribution in [0.5, 0.6) is 0 Å². The Morgan fingerprint density at radius 3 is 2.81 bits per heavy atom. The fourth-order valence-corrected chi connectivity index (χ4v) is 3.29. The third kappa shape index (κ3) is 2.85. The van der Waals surface area contributed by atoms with Gasteiger partial charge in [0, 0.05) is 11.3 Å². The van der Waals surface area contributed by atoms with Gasteiger partial charge in [0.2, 0.25) is 0 Å². The fourth-order valence-electron chi connectivity index (χ4n) is 3.29. The van der Waals surface area contributed by atoms with Crippen LogP contribution >= 0.6 is 0 Å². The number of unbranched alkanes of at least 4 members (excludes halogenated alkanes) is 1. The van der Waals surface area contributed by atoms with Crippen molar-refractivity contribution in [2.24, 2.45) is 5.92 Å². The highest BCUT2D eigenvalue weighted by Crippen LogP contribution is 2.32. The molecule has 1 aromatic heterocycles. The Labute approximate surface area is 126 Å². The molecule has 0 saturated heterocycles. The molecule has 3 heteroatoms. The van der Waals surface area contributed by atoms with Crippen LogP contribution in [0.1, 0.15) is 48.7 Å². The van der Waals surface area contributed by atoms with Gasteiger partial charge in [-0.2, -0.15) is 10.4 Å². The van der Waals surface area contributed by atoms with E-state index in [1.54, 1.807) is 0 Å². The normalized spacial score (nSPS) is 16.7. The lowest BCUT2D eigenvalue weighted by Gasteiger charge is -2.10. The van der Waals surface area contributed by atoms with E-state index in [0.717, 1.165) is 19.4 Å². The third-order valence-corrected chi connectivity index (χ3v) is 4.39. The summed E-state index contributed by atoms with van der Waals surface area (Å²) in [5.41, 5.74) is 4.37. The molecule has 3 rings (SSSR count). The zero-order chi connectivity index (χ0) is 14.7. The minimum atomic E-state index is 0.639. The van der Waals surface area contributed by atoms with E-state index in [0.29, 0.717) is 11.6 Å². The highest BCUT2D eigenvalue weighted by Gasteiger charge is 2.28. The minimum Gasteiger partial charge on any atom is -0.264 e. The molecule has 3 nitrogen and oxygen atoms in total. The van der Waals surface area contributed by atoms with Crippen molar-refractivity contribution in [3.8, 4) is 6.07 Å². The van der Waals surface area contributed by atoms with Crippen molar-refractivity contribution in [3.63, 3.8) is 0 Å². The molecule has 108 valence electrons. The number of benzene rings is 1. The maximum atomic E-state index is 9.32. The maximum Gasteiger partial charge on any atom is 0.165 e. The van der Waals surface area contributed by atoms with Gasteiger partial charge in [0.15, 0.2) is 5.69 Å². The number of aromatic nitrogens is 2. The van der Waals surface area contributed by atoms with Gasteiger partial charge in [-0.15, -0.1) is 0 Å². The molecule has 1 unspecified atom stereocenters. The van der Waals surface area contributed by atoms with Gasteiger partial charge in [-0.3, -0.25) is 4.68 Å². The van der Waals surface area contributed by atoms with Gasteiger partial charge in [-0.25, -0.2) is 0 Å². The summed E-state index contributed by atoms with van der Waals surface area (Å²) < 4.78 is 2.05. The van der Waals surface area contributed by atoms with Gasteiger partial charge in [0.25, 0.3) is 0 Å². The van der Waals surface area contributed by atoms with Crippen LogP contribution in [0.2, 0.25) is 0 Å². The van der Waals surface area contributed by atoms with Crippen LogP contribution in [0, 0.1) is 17.2 Å². The molecule has 0 spiro atoms. The van der Waals surface area contributed by atoms with Gasteiger partial charge in [0.05, 0.1) is 6.54 Å². The van der Waals surface area contributed by atoms with E-state index in [2.05, 4.69) is 34.9 Å². The molecule has 0 radical (unpaired) electrons. The van der Waals surface area contributed by atoms with Crippen LogP contribution in [0.4, 0.5) is 0 Å². The molecular formula is C18H21N3. The lowest BCUT2D eigenvalue weighted by atomic mass is 9.99. The molecule has 1 heterocycles. The van der Waals surface area contributed by atoms with Crippen molar-refractivity contribution in [2.45, 2.75) is 45.6 Å². The lowest BCUT2D eigenvalue weighted by molar-refractivity contribution is 0.474. The highest BCUT2D eigenvalue weighted by molar-refractivity contribution is 5.39. The number of nitriles is 1. The van der Waals surface area contributed by atoms with E-state index < -0.39 is 0 Å². The Kier molecular flexibility index (Phi) is 4.06. The number of hydrogen-bond donors (Lipinski definition) is 0. The van der Waals surface area contributed by atoms with Gasteiger partial charge in [-0.05, 0) is 30.7 Å². The van der Waals surface area contributed by atoms with E-state index in [9.17, 15) is 5.26 Å². The van der Waals surface area contributed by atoms with Crippen LogP contribution in [-0.4, -0.2) is 9.78 Å². The Hall–Kier alpha value is -2.08. The van der Waals surface area contributed by atoms with Crippen molar-refractivity contribution in [1.29, 1.82) is 5.26 Å². The second kappa shape index (κ2) is 6.13. The maximum absolute atomic E-state index is 9.32. The first-order chi connectivity index (χ1) is 10.3. The molecule has 2 aromatic rings. The Morgan fingerprint density at radius 2 is 2.10 bits per heavy atom. The van der Waals surface area contributed by atoms with Crippen molar-refractivity contribution < 1.29 is 0 Å². The standard InChI is InChI=1S/C18H21N3/c1-2-3-7-15-10-16-17(12-19)20-21(18(16)11-15)13-14-8-5-4-6-9-14/h4-6,8-9,15H,2-3,7,10-11,13H2,1H3. The smallest absolute Gasteiger partial charge is 0.165 e. The van der Waals surface area contributed by atoms with Gasteiger partial charge < -0.3 is 0 Å². The van der Waals surface area contributed by atoms with E-state index in [1.165, 1.54) is 36.1 Å². The van der Waals surface area contributed by atoms with Crippen LogP contribution in [0.25, 0.3) is 0 Å². The average Bonchev–Trinajstić information content (AvgIpc) is 3.06. The zero-order valence-corrected chi connectivity index (χ0v) is 12.5. The molecule has 0 saturated carbocycles. The van der Waals surface area contributed by atoms with Crippen LogP contribution < -0.4 is 0 Å². The lowest BCUT2D eigenvalue weighted by Crippen LogP contribution is -2.08. The summed E-state index contributed by atoms with van der Waals surface area (Å²) >= 11 is 0. The van der Waals surface area contributed by atoms with E-state index >= 15 is 0 Å². The third-order valence-electron chi connectivity index (χ3n) is 4.39. The van der Waals surface area contributed by atoms with Crippen molar-refractivity contribution >= 4 is 0 Å². The molecule has 21 heavy (non-hydrogen) atoms. The number of rotatable bonds is 5. The fraction of sp³-hybridized carbons (Fsp3) is 0.444. The molecule has 0 aliphatic heterocycles. The van der Waals surface area contributed by atoms with Crippen molar-refractivity contribution in [2.75, 3.05) is 0 Å². The number of hydrogen-bond acceptors (Lipinski definition) is 2. The quantitative estimate of drug-likeness (QED) is 0.837. The summed E-state index contributed by atoms with van der Waals surface area (Å²) in [5.74, 6) is 0.701. The van der Waals surface area contributed by atoms with Crippen LogP contribution in [0.15, 0.2) is 30.3 Å². The highest BCUT2D eigenvalue weighted by atomic mass is 15.3. The van der Waals surface area contributed by atoms with Crippen molar-refractivity contribution in [3.05, 3.63) is 52.8 Å². The summed E-state index contributed by atoms with van der Waals surface area (Å²) in [6, 6.07) is 12.6. The first-order valence-corrected chi connectivity index (χ1v) is 7.84. The summed E-state index contributed by atoms with van der Waals surface area (Å²) in [6.45, 7) is 3.01. The topological polar surface area (TPSA) is 41.6 Å². The molecule has 0 amide bonds. The van der Waals surface area contributed by atoms with Crippen molar-refractivity contribution in [1.82, 2.24) is 9.78 Å². The first kappa shape index (κ1) is 13.9. The average molecular weight is 279 g/mol. The SMILES string of the molecule is CCCCC1Cc2c(C#N)nn(Cc3ccccc3)c2C1. The van der Waals surface area contributed by atoms with Gasteiger partial charge >= 0.3 is 0 Å². The second-order valence-corrected chi connectivity index (χ2v) is 5.95. The van der Waals surface area contributed by atoms with Gasteiger partial charge in [0.1, 0.15) is 6.07 Å². The Balaban J connectivity index is 1.83. The number of fused-ring (bicyclic) bond motifs is 1. The molecule has 0 N–H and O–H groups in total. The Bertz CT molecular complexity index is 649. The summed E-state index contributed by atoms with van der Waals surface area (Å²) in [4.78, 5) is 0. The predicted octanol–water partition coefficient (Wildman–Crippen LogP) is 3.71. The molecule has 1 aliphatic carbocycles. The van der Waals surface area contributed by atoms with E-state index in [-0.39, 0.29) is 0 Å². The largest absolute Gasteiger partial charge is 0.264 e.